The molecule has 0 aromatic rings. The highest BCUT2D eigenvalue weighted by Crippen LogP contribution is 2.22. The van der Waals surface area contributed by atoms with Crippen LogP contribution in [0.2, 0.25) is 0 Å². The van der Waals surface area contributed by atoms with Gasteiger partial charge in [-0.25, -0.2) is 0 Å². The number of guanidine groups is 1. The van der Waals surface area contributed by atoms with Gasteiger partial charge < -0.3 is 15.5 Å². The average molecular weight is 438 g/mol. The molecule has 1 aliphatic rings. The third-order valence-electron chi connectivity index (χ3n) is 4.81. The third-order valence-corrected chi connectivity index (χ3v) is 4.81. The zero-order valence-electron chi connectivity index (χ0n) is 16.0. The molecule has 0 spiro atoms. The molecule has 2 N–H and O–H groups in total. The van der Waals surface area contributed by atoms with Gasteiger partial charge in [-0.2, -0.15) is 0 Å². The molecule has 0 aliphatic carbocycles. The number of hydrogen-bond acceptors (Lipinski definition) is 2. The largest absolute Gasteiger partial charge is 0.356 e. The molecule has 1 heterocycles. The van der Waals surface area contributed by atoms with Crippen molar-refractivity contribution in [3.05, 3.63) is 0 Å². The Balaban J connectivity index is 0.00000484. The number of nitrogens with one attached hydrogen (secondary N) is 2. The molecule has 0 bridgehead atoms. The van der Waals surface area contributed by atoms with E-state index in [2.05, 4.69) is 48.3 Å². The van der Waals surface area contributed by atoms with E-state index in [0.29, 0.717) is 5.41 Å². The van der Waals surface area contributed by atoms with Crippen LogP contribution < -0.4 is 10.6 Å². The van der Waals surface area contributed by atoms with Crippen LogP contribution in [0.15, 0.2) is 4.99 Å². The quantitative estimate of drug-likeness (QED) is 0.263. The Bertz CT molecular complexity index is 323. The molecule has 0 saturated carbocycles. The van der Waals surface area contributed by atoms with Gasteiger partial charge in [0, 0.05) is 20.1 Å². The van der Waals surface area contributed by atoms with Crippen molar-refractivity contribution in [3.63, 3.8) is 0 Å². The van der Waals surface area contributed by atoms with Gasteiger partial charge in [0.05, 0.1) is 0 Å². The molecule has 0 amide bonds. The van der Waals surface area contributed by atoms with E-state index in [1.54, 1.807) is 0 Å². The number of aliphatic imine (C=N–C) groups is 1. The SMILES string of the molecule is CCCCCC(C)(C)CNC(=NC)NCC1CCN(C)CC1.I. The molecule has 0 aromatic carbocycles. The van der Waals surface area contributed by atoms with E-state index in [9.17, 15) is 0 Å². The molecule has 5 heteroatoms. The van der Waals surface area contributed by atoms with E-state index in [1.807, 2.05) is 7.05 Å². The van der Waals surface area contributed by atoms with Crippen LogP contribution in [-0.4, -0.2) is 51.1 Å². The first-order valence-corrected chi connectivity index (χ1v) is 9.10. The first kappa shape index (κ1) is 23.0. The second-order valence-corrected chi connectivity index (χ2v) is 7.67. The third kappa shape index (κ3) is 10.4. The summed E-state index contributed by atoms with van der Waals surface area (Å²) in [6, 6.07) is 0. The second-order valence-electron chi connectivity index (χ2n) is 7.67. The minimum atomic E-state index is 0. The van der Waals surface area contributed by atoms with Crippen LogP contribution in [0, 0.1) is 11.3 Å². The summed E-state index contributed by atoms with van der Waals surface area (Å²) in [5.41, 5.74) is 0.334. The van der Waals surface area contributed by atoms with Gasteiger partial charge in [0.25, 0.3) is 0 Å². The zero-order valence-corrected chi connectivity index (χ0v) is 18.3. The monoisotopic (exact) mass is 438 g/mol. The molecule has 0 radical (unpaired) electrons. The fourth-order valence-corrected chi connectivity index (χ4v) is 2.99. The molecule has 4 nitrogen and oxygen atoms in total. The van der Waals surface area contributed by atoms with Crippen molar-refractivity contribution in [3.8, 4) is 0 Å². The Labute approximate surface area is 161 Å². The molecular weight excluding hydrogens is 399 g/mol. The molecule has 1 rings (SSSR count). The Morgan fingerprint density at radius 2 is 1.83 bits per heavy atom. The Kier molecular flexibility index (Phi) is 12.3. The summed E-state index contributed by atoms with van der Waals surface area (Å²) in [6.07, 6.45) is 7.83. The lowest BCUT2D eigenvalue weighted by Gasteiger charge is -2.30. The van der Waals surface area contributed by atoms with Gasteiger partial charge in [-0.3, -0.25) is 4.99 Å². The normalized spacial score (nSPS) is 17.7. The van der Waals surface area contributed by atoms with Gasteiger partial charge >= 0.3 is 0 Å². The van der Waals surface area contributed by atoms with Gasteiger partial charge in [0.1, 0.15) is 0 Å². The Hall–Kier alpha value is -0.0400. The second kappa shape index (κ2) is 12.3. The van der Waals surface area contributed by atoms with Crippen LogP contribution in [0.5, 0.6) is 0 Å². The van der Waals surface area contributed by atoms with Gasteiger partial charge in [-0.15, -0.1) is 24.0 Å². The van der Waals surface area contributed by atoms with Crippen LogP contribution in [0.1, 0.15) is 59.3 Å². The van der Waals surface area contributed by atoms with Crippen LogP contribution in [0.3, 0.4) is 0 Å². The van der Waals surface area contributed by atoms with Crippen molar-refractivity contribution in [2.45, 2.75) is 59.3 Å². The number of nitrogens with zero attached hydrogens (tertiary/aromatic N) is 2. The maximum absolute atomic E-state index is 4.37. The van der Waals surface area contributed by atoms with E-state index in [-0.39, 0.29) is 24.0 Å². The molecule has 0 atom stereocenters. The van der Waals surface area contributed by atoms with E-state index < -0.39 is 0 Å². The summed E-state index contributed by atoms with van der Waals surface area (Å²) in [5, 5.41) is 7.03. The van der Waals surface area contributed by atoms with E-state index >= 15 is 0 Å². The highest BCUT2D eigenvalue weighted by Gasteiger charge is 2.19. The van der Waals surface area contributed by atoms with Crippen LogP contribution in [0.25, 0.3) is 0 Å². The van der Waals surface area contributed by atoms with Gasteiger partial charge in [0.2, 0.25) is 0 Å². The average Bonchev–Trinajstić information content (AvgIpc) is 2.49. The lowest BCUT2D eigenvalue weighted by Crippen LogP contribution is -2.44. The van der Waals surface area contributed by atoms with E-state index in [1.165, 1.54) is 51.6 Å². The lowest BCUT2D eigenvalue weighted by molar-refractivity contribution is 0.220. The first-order valence-electron chi connectivity index (χ1n) is 9.10. The summed E-state index contributed by atoms with van der Waals surface area (Å²) in [5.74, 6) is 1.75. The number of unbranched alkanes of at least 4 members (excludes halogenated alkanes) is 2. The maximum Gasteiger partial charge on any atom is 0.191 e. The van der Waals surface area contributed by atoms with Crippen molar-refractivity contribution in [1.29, 1.82) is 0 Å². The highest BCUT2D eigenvalue weighted by atomic mass is 127. The maximum atomic E-state index is 4.37. The number of halogens is 1. The molecule has 23 heavy (non-hydrogen) atoms. The van der Waals surface area contributed by atoms with E-state index in [0.717, 1.165) is 25.0 Å². The van der Waals surface area contributed by atoms with Gasteiger partial charge in [-0.1, -0.05) is 40.0 Å². The predicted octanol–water partition coefficient (Wildman–Crippen LogP) is 3.72. The van der Waals surface area contributed by atoms with Crippen LogP contribution in [0.4, 0.5) is 0 Å². The number of likely N-dealkylation sites (tertiary alicyclic amines) is 1. The standard InChI is InChI=1S/C18H38N4.HI/c1-6-7-8-11-18(2,3)15-21-17(19-4)20-14-16-9-12-22(5)13-10-16;/h16H,6-15H2,1-5H3,(H2,19,20,21);1H. The summed E-state index contributed by atoms with van der Waals surface area (Å²) in [4.78, 5) is 6.79. The summed E-state index contributed by atoms with van der Waals surface area (Å²) in [7, 11) is 4.08. The van der Waals surface area contributed by atoms with Gasteiger partial charge in [-0.05, 0) is 50.7 Å². The Morgan fingerprint density at radius 3 is 2.39 bits per heavy atom. The molecule has 1 aliphatic heterocycles. The lowest BCUT2D eigenvalue weighted by atomic mass is 9.87. The van der Waals surface area contributed by atoms with Crippen molar-refractivity contribution in [1.82, 2.24) is 15.5 Å². The summed E-state index contributed by atoms with van der Waals surface area (Å²) in [6.45, 7) is 11.4. The number of rotatable bonds is 8. The minimum absolute atomic E-state index is 0. The summed E-state index contributed by atoms with van der Waals surface area (Å²) >= 11 is 0. The fourth-order valence-electron chi connectivity index (χ4n) is 2.99. The number of hydrogen-bond donors (Lipinski definition) is 2. The van der Waals surface area contributed by atoms with Crippen molar-refractivity contribution in [2.75, 3.05) is 40.3 Å². The number of piperidine rings is 1. The van der Waals surface area contributed by atoms with Crippen molar-refractivity contribution < 1.29 is 0 Å². The van der Waals surface area contributed by atoms with E-state index in [4.69, 9.17) is 0 Å². The van der Waals surface area contributed by atoms with Gasteiger partial charge in [0.15, 0.2) is 5.96 Å². The molecule has 1 fully saturated rings. The molecule has 0 unspecified atom stereocenters. The van der Waals surface area contributed by atoms with Crippen LogP contribution >= 0.6 is 24.0 Å². The summed E-state index contributed by atoms with van der Waals surface area (Å²) < 4.78 is 0. The van der Waals surface area contributed by atoms with Crippen molar-refractivity contribution in [2.24, 2.45) is 16.3 Å². The molecular formula is C18H39IN4. The Morgan fingerprint density at radius 1 is 1.17 bits per heavy atom. The highest BCUT2D eigenvalue weighted by molar-refractivity contribution is 14.0. The topological polar surface area (TPSA) is 39.7 Å². The smallest absolute Gasteiger partial charge is 0.191 e. The molecule has 1 saturated heterocycles. The first-order chi connectivity index (χ1) is 10.5. The van der Waals surface area contributed by atoms with Crippen LogP contribution in [-0.2, 0) is 0 Å². The zero-order chi connectivity index (χ0) is 16.4. The molecule has 138 valence electrons. The van der Waals surface area contributed by atoms with Crippen molar-refractivity contribution >= 4 is 29.9 Å². The predicted molar refractivity (Wildman–Crippen MR) is 113 cm³/mol. The molecule has 0 aromatic heterocycles. The minimum Gasteiger partial charge on any atom is -0.356 e. The fraction of sp³-hybridized carbons (Fsp3) is 0.944.